The van der Waals surface area contributed by atoms with Crippen molar-refractivity contribution in [2.45, 2.75) is 52.2 Å². The Bertz CT molecular complexity index is 546. The molecule has 1 aromatic carbocycles. The molecule has 2 aliphatic rings. The van der Waals surface area contributed by atoms with Gasteiger partial charge >= 0.3 is 0 Å². The van der Waals surface area contributed by atoms with E-state index in [-0.39, 0.29) is 11.7 Å². The second-order valence-corrected chi connectivity index (χ2v) is 6.84. The summed E-state index contributed by atoms with van der Waals surface area (Å²) in [5, 5.41) is 3.60. The van der Waals surface area contributed by atoms with Crippen LogP contribution < -0.4 is 5.32 Å². The van der Waals surface area contributed by atoms with E-state index in [1.54, 1.807) is 0 Å². The van der Waals surface area contributed by atoms with Gasteiger partial charge in [-0.05, 0) is 43.7 Å². The van der Waals surface area contributed by atoms with Gasteiger partial charge in [0.2, 0.25) is 5.91 Å². The van der Waals surface area contributed by atoms with Crippen molar-refractivity contribution in [3.63, 3.8) is 0 Å². The number of hydrogen-bond acceptors (Lipinski definition) is 2. The van der Waals surface area contributed by atoms with E-state index < -0.39 is 0 Å². The quantitative estimate of drug-likeness (QED) is 0.917. The summed E-state index contributed by atoms with van der Waals surface area (Å²) in [6, 6.07) is 6.51. The highest BCUT2D eigenvalue weighted by Gasteiger charge is 2.59. The Balaban J connectivity index is 1.95. The molecular weight excluding hydrogens is 248 g/mol. The molecule has 1 amide bonds. The molecule has 1 atom stereocenters. The predicted octanol–water partition coefficient (Wildman–Crippen LogP) is 2.92. The second kappa shape index (κ2) is 4.59. The summed E-state index contributed by atoms with van der Waals surface area (Å²) in [5.41, 5.74) is 3.54. The number of rotatable bonds is 3. The van der Waals surface area contributed by atoms with Gasteiger partial charge in [-0.2, -0.15) is 0 Å². The molecular formula is C17H24N2O. The lowest BCUT2D eigenvalue weighted by molar-refractivity contribution is -0.131. The van der Waals surface area contributed by atoms with Crippen molar-refractivity contribution in [1.29, 1.82) is 0 Å². The van der Waals surface area contributed by atoms with Crippen LogP contribution in [0.1, 0.15) is 49.5 Å². The fourth-order valence-corrected chi connectivity index (χ4v) is 3.24. The maximum absolute atomic E-state index is 12.7. The number of nitrogens with one attached hydrogen (secondary N) is 1. The molecule has 1 unspecified atom stereocenters. The Morgan fingerprint density at radius 2 is 2.05 bits per heavy atom. The number of aryl methyl sites for hydroxylation is 2. The molecule has 108 valence electrons. The maximum Gasteiger partial charge on any atom is 0.244 e. The minimum Gasteiger partial charge on any atom is -0.321 e. The summed E-state index contributed by atoms with van der Waals surface area (Å²) in [6.07, 6.45) is 2.02. The fraction of sp³-hybridized carbons (Fsp3) is 0.588. The zero-order valence-electron chi connectivity index (χ0n) is 12.9. The number of amides is 1. The van der Waals surface area contributed by atoms with Gasteiger partial charge in [0.25, 0.3) is 0 Å². The fourth-order valence-electron chi connectivity index (χ4n) is 3.24. The molecule has 20 heavy (non-hydrogen) atoms. The summed E-state index contributed by atoms with van der Waals surface area (Å²) in [4.78, 5) is 14.7. The average molecular weight is 272 g/mol. The van der Waals surface area contributed by atoms with Gasteiger partial charge in [0, 0.05) is 6.54 Å². The average Bonchev–Trinajstić information content (AvgIpc) is 3.09. The molecule has 1 spiro atoms. The van der Waals surface area contributed by atoms with Gasteiger partial charge < -0.3 is 4.90 Å². The summed E-state index contributed by atoms with van der Waals surface area (Å²) in [7, 11) is 0. The van der Waals surface area contributed by atoms with Gasteiger partial charge in [-0.25, -0.2) is 0 Å². The largest absolute Gasteiger partial charge is 0.321 e. The van der Waals surface area contributed by atoms with Crippen LogP contribution in [0.15, 0.2) is 18.2 Å². The molecule has 3 nitrogen and oxygen atoms in total. The highest BCUT2D eigenvalue weighted by molar-refractivity contribution is 5.92. The number of hydrogen-bond donors (Lipinski definition) is 1. The van der Waals surface area contributed by atoms with Gasteiger partial charge in [0.15, 0.2) is 0 Å². The topological polar surface area (TPSA) is 32.3 Å². The van der Waals surface area contributed by atoms with Crippen LogP contribution in [0.3, 0.4) is 0 Å². The molecule has 1 N–H and O–H groups in total. The standard InChI is InChI=1S/C17H24N2O/c1-11(2)10-19-15(18-17(7-8-17)16(19)20)14-6-5-12(3)9-13(14)4/h5-6,9,11,15,18H,7-8,10H2,1-4H3. The second-order valence-electron chi connectivity index (χ2n) is 6.84. The smallest absolute Gasteiger partial charge is 0.244 e. The summed E-state index contributed by atoms with van der Waals surface area (Å²) in [6.45, 7) is 9.41. The zero-order chi connectivity index (χ0) is 14.5. The first-order chi connectivity index (χ1) is 9.43. The van der Waals surface area contributed by atoms with Crippen LogP contribution in [0.25, 0.3) is 0 Å². The van der Waals surface area contributed by atoms with Crippen LogP contribution in [-0.2, 0) is 4.79 Å². The Labute approximate surface area is 121 Å². The summed E-state index contributed by atoms with van der Waals surface area (Å²) < 4.78 is 0. The van der Waals surface area contributed by atoms with Gasteiger partial charge in [0.1, 0.15) is 11.7 Å². The Morgan fingerprint density at radius 1 is 1.35 bits per heavy atom. The predicted molar refractivity (Wildman–Crippen MR) is 80.3 cm³/mol. The van der Waals surface area contributed by atoms with Crippen molar-refractivity contribution < 1.29 is 4.79 Å². The lowest BCUT2D eigenvalue weighted by Gasteiger charge is -2.27. The molecule has 0 radical (unpaired) electrons. The van der Waals surface area contributed by atoms with Crippen LogP contribution in [0.2, 0.25) is 0 Å². The number of carbonyl (C=O) groups excluding carboxylic acids is 1. The van der Waals surface area contributed by atoms with E-state index in [1.165, 1.54) is 16.7 Å². The molecule has 2 fully saturated rings. The third kappa shape index (κ3) is 2.14. The van der Waals surface area contributed by atoms with Crippen molar-refractivity contribution in [2.24, 2.45) is 5.92 Å². The first kappa shape index (κ1) is 13.6. The van der Waals surface area contributed by atoms with Gasteiger partial charge in [-0.1, -0.05) is 37.6 Å². The number of nitrogens with zero attached hydrogens (tertiary/aromatic N) is 1. The van der Waals surface area contributed by atoms with Gasteiger partial charge in [-0.15, -0.1) is 0 Å². The minimum atomic E-state index is -0.239. The Kier molecular flexibility index (Phi) is 3.13. The molecule has 1 saturated heterocycles. The lowest BCUT2D eigenvalue weighted by atomic mass is 10.0. The molecule has 1 aliphatic carbocycles. The minimum absolute atomic E-state index is 0.0491. The van der Waals surface area contributed by atoms with E-state index in [1.807, 2.05) is 0 Å². The molecule has 1 heterocycles. The van der Waals surface area contributed by atoms with E-state index in [4.69, 9.17) is 0 Å². The highest BCUT2D eigenvalue weighted by atomic mass is 16.2. The lowest BCUT2D eigenvalue weighted by Crippen LogP contribution is -2.34. The van der Waals surface area contributed by atoms with E-state index in [2.05, 4.69) is 56.1 Å². The van der Waals surface area contributed by atoms with Gasteiger partial charge in [-0.3, -0.25) is 10.1 Å². The monoisotopic (exact) mass is 272 g/mol. The third-order valence-corrected chi connectivity index (χ3v) is 4.43. The van der Waals surface area contributed by atoms with Crippen LogP contribution >= 0.6 is 0 Å². The summed E-state index contributed by atoms with van der Waals surface area (Å²) in [5.74, 6) is 0.791. The normalized spacial score (nSPS) is 23.9. The van der Waals surface area contributed by atoms with Crippen LogP contribution in [-0.4, -0.2) is 22.9 Å². The van der Waals surface area contributed by atoms with Crippen LogP contribution in [0.4, 0.5) is 0 Å². The first-order valence-corrected chi connectivity index (χ1v) is 7.59. The molecule has 0 aromatic heterocycles. The molecule has 1 aromatic rings. The van der Waals surface area contributed by atoms with Crippen molar-refractivity contribution in [3.8, 4) is 0 Å². The Morgan fingerprint density at radius 3 is 2.60 bits per heavy atom. The molecule has 3 rings (SSSR count). The molecule has 3 heteroatoms. The molecule has 1 aliphatic heterocycles. The van der Waals surface area contributed by atoms with Crippen molar-refractivity contribution in [1.82, 2.24) is 10.2 Å². The highest BCUT2D eigenvalue weighted by Crippen LogP contribution is 2.46. The number of carbonyl (C=O) groups is 1. The Hall–Kier alpha value is -1.35. The van der Waals surface area contributed by atoms with E-state index in [9.17, 15) is 4.79 Å². The zero-order valence-corrected chi connectivity index (χ0v) is 12.9. The number of benzene rings is 1. The maximum atomic E-state index is 12.7. The first-order valence-electron chi connectivity index (χ1n) is 7.59. The van der Waals surface area contributed by atoms with Crippen molar-refractivity contribution in [2.75, 3.05) is 6.54 Å². The van der Waals surface area contributed by atoms with Crippen LogP contribution in [0.5, 0.6) is 0 Å². The molecule has 1 saturated carbocycles. The van der Waals surface area contributed by atoms with E-state index in [0.717, 1.165) is 19.4 Å². The van der Waals surface area contributed by atoms with Crippen LogP contribution in [0, 0.1) is 19.8 Å². The van der Waals surface area contributed by atoms with Gasteiger partial charge in [0.05, 0.1) is 0 Å². The van der Waals surface area contributed by atoms with E-state index >= 15 is 0 Å². The third-order valence-electron chi connectivity index (χ3n) is 4.43. The van der Waals surface area contributed by atoms with Crippen molar-refractivity contribution in [3.05, 3.63) is 34.9 Å². The molecule has 0 bridgehead atoms. The van der Waals surface area contributed by atoms with Crippen molar-refractivity contribution >= 4 is 5.91 Å². The van der Waals surface area contributed by atoms with E-state index in [0.29, 0.717) is 11.8 Å². The summed E-state index contributed by atoms with van der Waals surface area (Å²) >= 11 is 0. The SMILES string of the molecule is Cc1ccc(C2NC3(CC3)C(=O)N2CC(C)C)c(C)c1.